The van der Waals surface area contributed by atoms with Crippen LogP contribution in [-0.4, -0.2) is 45.5 Å². The predicted molar refractivity (Wildman–Crippen MR) is 178 cm³/mol. The summed E-state index contributed by atoms with van der Waals surface area (Å²) in [6, 6.07) is -1.19. The molecule has 252 valence electrons. The molecule has 6 nitrogen and oxygen atoms in total. The lowest BCUT2D eigenvalue weighted by molar-refractivity contribution is -0.163. The molecule has 1 heterocycles. The van der Waals surface area contributed by atoms with Crippen LogP contribution in [-0.2, 0) is 14.4 Å². The van der Waals surface area contributed by atoms with E-state index in [0.29, 0.717) is 17.9 Å². The van der Waals surface area contributed by atoms with Crippen LogP contribution in [0.15, 0.2) is 0 Å². The van der Waals surface area contributed by atoms with Gasteiger partial charge in [-0.05, 0) is 19.3 Å². The zero-order chi connectivity index (χ0) is 31.6. The number of unbranched alkanes of at least 4 members (excludes halogenated alkanes) is 24. The van der Waals surface area contributed by atoms with E-state index >= 15 is 0 Å². The first-order valence-corrected chi connectivity index (χ1v) is 18.6. The Labute approximate surface area is 265 Å². The van der Waals surface area contributed by atoms with Crippen molar-refractivity contribution in [3.8, 4) is 0 Å². The van der Waals surface area contributed by atoms with Crippen molar-refractivity contribution in [1.29, 1.82) is 0 Å². The first kappa shape index (κ1) is 39.8. The number of carboxylic acid groups (broad SMARTS) is 1. The van der Waals surface area contributed by atoms with Crippen LogP contribution in [0.5, 0.6) is 0 Å². The highest BCUT2D eigenvalue weighted by atomic mass is 16.5. The van der Waals surface area contributed by atoms with E-state index in [4.69, 9.17) is 0 Å². The SMILES string of the molecule is CCCCCCCCCCCCCCCC(=O)C1(C(=O)CCCCCCCCCCCCCCC)CC(C(=O)O)N(O)C1. The Balaban J connectivity index is 2.29. The number of nitrogens with zero attached hydrogens (tertiary/aromatic N) is 1. The number of Topliss-reactive ketones (excluding diaryl/α,β-unsaturated/α-hetero) is 2. The van der Waals surface area contributed by atoms with E-state index in [2.05, 4.69) is 13.8 Å². The minimum atomic E-state index is -1.37. The maximum Gasteiger partial charge on any atom is 0.323 e. The lowest BCUT2D eigenvalue weighted by atomic mass is 9.74. The molecule has 1 saturated heterocycles. The lowest BCUT2D eigenvalue weighted by Crippen LogP contribution is -2.41. The van der Waals surface area contributed by atoms with Gasteiger partial charge in [0.1, 0.15) is 23.0 Å². The third-order valence-electron chi connectivity index (χ3n) is 9.70. The summed E-state index contributed by atoms with van der Waals surface area (Å²) in [7, 11) is 0. The molecule has 1 aliphatic heterocycles. The smallest absolute Gasteiger partial charge is 0.323 e. The number of carbonyl (C=O) groups excluding carboxylic acids is 2. The third-order valence-corrected chi connectivity index (χ3v) is 9.70. The molecule has 0 aromatic carbocycles. The molecule has 2 N–H and O–H groups in total. The molecule has 0 aliphatic carbocycles. The summed E-state index contributed by atoms with van der Waals surface area (Å²) in [5.41, 5.74) is -1.37. The maximum atomic E-state index is 13.4. The first-order chi connectivity index (χ1) is 20.9. The van der Waals surface area contributed by atoms with E-state index in [9.17, 15) is 24.7 Å². The molecule has 1 fully saturated rings. The fourth-order valence-corrected chi connectivity index (χ4v) is 6.75. The van der Waals surface area contributed by atoms with Gasteiger partial charge in [-0.3, -0.25) is 14.4 Å². The summed E-state index contributed by atoms with van der Waals surface area (Å²) in [6.45, 7) is 4.32. The van der Waals surface area contributed by atoms with E-state index in [1.807, 2.05) is 0 Å². The maximum absolute atomic E-state index is 13.4. The molecule has 1 atom stereocenters. The van der Waals surface area contributed by atoms with Gasteiger partial charge < -0.3 is 10.3 Å². The second kappa shape index (κ2) is 26.0. The average molecular weight is 608 g/mol. The van der Waals surface area contributed by atoms with Crippen LogP contribution in [0.3, 0.4) is 0 Å². The largest absolute Gasteiger partial charge is 0.480 e. The Hall–Kier alpha value is -1.27. The Kier molecular flexibility index (Phi) is 24.0. The zero-order valence-corrected chi connectivity index (χ0v) is 28.4. The minimum Gasteiger partial charge on any atom is -0.480 e. The summed E-state index contributed by atoms with van der Waals surface area (Å²) in [5.74, 6) is -1.51. The van der Waals surface area contributed by atoms with Gasteiger partial charge in [0.05, 0.1) is 0 Å². The number of ketones is 2. The van der Waals surface area contributed by atoms with Crippen molar-refractivity contribution in [2.75, 3.05) is 6.54 Å². The van der Waals surface area contributed by atoms with Crippen molar-refractivity contribution in [3.05, 3.63) is 0 Å². The molecule has 0 bridgehead atoms. The highest BCUT2D eigenvalue weighted by Crippen LogP contribution is 2.39. The Morgan fingerprint density at radius 3 is 1.07 bits per heavy atom. The fourth-order valence-electron chi connectivity index (χ4n) is 6.75. The van der Waals surface area contributed by atoms with Gasteiger partial charge in [0.2, 0.25) is 0 Å². The number of carboxylic acids is 1. The normalized spacial score (nSPS) is 16.6. The molecule has 0 amide bonds. The Morgan fingerprint density at radius 2 is 0.814 bits per heavy atom. The van der Waals surface area contributed by atoms with Crippen molar-refractivity contribution in [3.63, 3.8) is 0 Å². The standard InChI is InChI=1S/C37H69NO5/c1-3-5-7-9-11-13-15-17-19-21-23-25-27-29-34(39)37(31-33(36(41)42)38(43)32-37)35(40)30-28-26-24-22-20-18-16-14-12-10-8-6-4-2/h33,43H,3-32H2,1-2H3,(H,41,42). The Bertz CT molecular complexity index is 682. The van der Waals surface area contributed by atoms with Crippen molar-refractivity contribution in [1.82, 2.24) is 5.06 Å². The number of hydrogen-bond acceptors (Lipinski definition) is 5. The number of carbonyl (C=O) groups is 3. The molecule has 0 aromatic rings. The average Bonchev–Trinajstić information content (AvgIpc) is 3.36. The number of aliphatic carboxylic acids is 1. The quantitative estimate of drug-likeness (QED) is 0.0601. The van der Waals surface area contributed by atoms with Gasteiger partial charge in [-0.15, -0.1) is 0 Å². The molecule has 0 saturated carbocycles. The highest BCUT2D eigenvalue weighted by Gasteiger charge is 2.55. The van der Waals surface area contributed by atoms with Crippen LogP contribution in [0.1, 0.15) is 200 Å². The monoisotopic (exact) mass is 608 g/mol. The number of hydroxylamine groups is 2. The summed E-state index contributed by atoms with van der Waals surface area (Å²) >= 11 is 0. The van der Waals surface area contributed by atoms with Crippen molar-refractivity contribution >= 4 is 17.5 Å². The lowest BCUT2D eigenvalue weighted by Gasteiger charge is -2.25. The molecule has 1 aliphatic rings. The van der Waals surface area contributed by atoms with Gasteiger partial charge >= 0.3 is 5.97 Å². The van der Waals surface area contributed by atoms with Gasteiger partial charge in [-0.1, -0.05) is 168 Å². The minimum absolute atomic E-state index is 0.104. The van der Waals surface area contributed by atoms with Crippen LogP contribution < -0.4 is 0 Å². The second-order valence-corrected chi connectivity index (χ2v) is 13.6. The van der Waals surface area contributed by atoms with E-state index in [-0.39, 0.29) is 24.5 Å². The molecule has 1 rings (SSSR count). The van der Waals surface area contributed by atoms with Gasteiger partial charge in [0, 0.05) is 19.4 Å². The molecule has 43 heavy (non-hydrogen) atoms. The van der Waals surface area contributed by atoms with Crippen LogP contribution in [0.25, 0.3) is 0 Å². The van der Waals surface area contributed by atoms with Crippen LogP contribution in [0, 0.1) is 5.41 Å². The molecule has 0 spiro atoms. The molecular formula is C37H69NO5. The van der Waals surface area contributed by atoms with Gasteiger partial charge in [0.25, 0.3) is 0 Å². The van der Waals surface area contributed by atoms with Crippen molar-refractivity contribution in [2.24, 2.45) is 5.41 Å². The van der Waals surface area contributed by atoms with E-state index in [0.717, 1.165) is 38.5 Å². The Morgan fingerprint density at radius 1 is 0.535 bits per heavy atom. The number of rotatable bonds is 31. The summed E-state index contributed by atoms with van der Waals surface area (Å²) < 4.78 is 0. The molecular weight excluding hydrogens is 538 g/mol. The second-order valence-electron chi connectivity index (χ2n) is 13.6. The van der Waals surface area contributed by atoms with E-state index in [1.165, 1.54) is 128 Å². The summed E-state index contributed by atoms with van der Waals surface area (Å²) in [5, 5.41) is 20.6. The van der Waals surface area contributed by atoms with Gasteiger partial charge in [-0.25, -0.2) is 0 Å². The molecule has 0 aromatic heterocycles. The van der Waals surface area contributed by atoms with Crippen LogP contribution in [0.4, 0.5) is 0 Å². The van der Waals surface area contributed by atoms with Crippen LogP contribution in [0.2, 0.25) is 0 Å². The molecule has 1 unspecified atom stereocenters. The van der Waals surface area contributed by atoms with E-state index in [1.54, 1.807) is 0 Å². The van der Waals surface area contributed by atoms with Gasteiger partial charge in [-0.2, -0.15) is 5.06 Å². The molecule has 0 radical (unpaired) electrons. The van der Waals surface area contributed by atoms with Crippen LogP contribution >= 0.6 is 0 Å². The molecule has 6 heteroatoms. The fraction of sp³-hybridized carbons (Fsp3) is 0.919. The summed E-state index contributed by atoms with van der Waals surface area (Å²) in [6.07, 6.45) is 32.3. The van der Waals surface area contributed by atoms with E-state index < -0.39 is 17.4 Å². The van der Waals surface area contributed by atoms with Crippen molar-refractivity contribution < 1.29 is 24.7 Å². The third kappa shape index (κ3) is 17.7. The highest BCUT2D eigenvalue weighted by molar-refractivity contribution is 6.08. The number of hydrogen-bond donors (Lipinski definition) is 2. The summed E-state index contributed by atoms with van der Waals surface area (Å²) in [4.78, 5) is 38.5. The first-order valence-electron chi connectivity index (χ1n) is 18.6. The zero-order valence-electron chi connectivity index (χ0n) is 28.4. The van der Waals surface area contributed by atoms with Crippen molar-refractivity contribution in [2.45, 2.75) is 206 Å². The predicted octanol–water partition coefficient (Wildman–Crippen LogP) is 10.6. The topological polar surface area (TPSA) is 94.9 Å². The van der Waals surface area contributed by atoms with Gasteiger partial charge in [0.15, 0.2) is 0 Å².